The number of esters is 1. The monoisotopic (exact) mass is 434 g/mol. The van der Waals surface area contributed by atoms with E-state index in [9.17, 15) is 9.90 Å². The van der Waals surface area contributed by atoms with E-state index in [4.69, 9.17) is 14.2 Å². The van der Waals surface area contributed by atoms with Crippen LogP contribution in [-0.4, -0.2) is 30.4 Å². The van der Waals surface area contributed by atoms with Gasteiger partial charge in [-0.3, -0.25) is 4.79 Å². The van der Waals surface area contributed by atoms with Gasteiger partial charge in [-0.25, -0.2) is 0 Å². The Bertz CT molecular complexity index is 1170. The quantitative estimate of drug-likeness (QED) is 0.536. The number of hydrogen-bond acceptors (Lipinski definition) is 5. The van der Waals surface area contributed by atoms with Crippen molar-refractivity contribution < 1.29 is 24.1 Å². The molecular formula is C27H30O5. The molecule has 0 saturated carbocycles. The molecular weight excluding hydrogens is 404 g/mol. The van der Waals surface area contributed by atoms with Gasteiger partial charge in [0, 0.05) is 12.0 Å². The molecule has 3 aromatic rings. The van der Waals surface area contributed by atoms with Crippen molar-refractivity contribution in [1.82, 2.24) is 0 Å². The van der Waals surface area contributed by atoms with Gasteiger partial charge in [-0.05, 0) is 79.8 Å². The average molecular weight is 435 g/mol. The molecule has 1 heterocycles. The molecule has 2 unspecified atom stereocenters. The largest absolute Gasteiger partial charge is 0.507 e. The number of benzene rings is 3. The summed E-state index contributed by atoms with van der Waals surface area (Å²) in [6.45, 7) is 9.68. The first kappa shape index (κ1) is 22.0. The standard InChI is InChI=1S/C27H30O5/c1-15-16(2)25-23(18(4)24(15)28)13-27(5,32-25)14-31-26(29)17(3)19-7-8-21-12-22(30-6)10-9-20(21)11-19/h7-12,17,28H,13-14H2,1-6H3. The minimum absolute atomic E-state index is 0.147. The van der Waals surface area contributed by atoms with E-state index in [1.54, 1.807) is 7.11 Å². The van der Waals surface area contributed by atoms with E-state index in [-0.39, 0.29) is 12.6 Å². The fraction of sp³-hybridized carbons (Fsp3) is 0.370. The molecule has 4 rings (SSSR count). The van der Waals surface area contributed by atoms with E-state index in [1.807, 2.05) is 71.0 Å². The Hall–Kier alpha value is -3.21. The molecule has 0 bridgehead atoms. The van der Waals surface area contributed by atoms with Crippen LogP contribution in [0.15, 0.2) is 36.4 Å². The van der Waals surface area contributed by atoms with Gasteiger partial charge >= 0.3 is 5.97 Å². The average Bonchev–Trinajstić information content (AvgIpc) is 3.16. The number of aromatic hydroxyl groups is 1. The second-order valence-electron chi connectivity index (χ2n) is 9.06. The summed E-state index contributed by atoms with van der Waals surface area (Å²) in [4.78, 5) is 12.9. The van der Waals surface area contributed by atoms with Gasteiger partial charge in [0.25, 0.3) is 0 Å². The van der Waals surface area contributed by atoms with Gasteiger partial charge in [-0.1, -0.05) is 24.3 Å². The van der Waals surface area contributed by atoms with Crippen molar-refractivity contribution in [1.29, 1.82) is 0 Å². The SMILES string of the molecule is COc1ccc2cc(C(C)C(=O)OCC3(C)Cc4c(C)c(O)c(C)c(C)c4O3)ccc2c1. The third-order valence-electron chi connectivity index (χ3n) is 6.68. The summed E-state index contributed by atoms with van der Waals surface area (Å²) in [7, 11) is 1.65. The molecule has 5 heteroatoms. The van der Waals surface area contributed by atoms with E-state index in [2.05, 4.69) is 0 Å². The molecule has 168 valence electrons. The molecule has 0 aliphatic carbocycles. The first-order valence-electron chi connectivity index (χ1n) is 10.9. The van der Waals surface area contributed by atoms with Crippen LogP contribution in [0.5, 0.6) is 17.2 Å². The summed E-state index contributed by atoms with van der Waals surface area (Å²) >= 11 is 0. The van der Waals surface area contributed by atoms with Crippen molar-refractivity contribution in [3.8, 4) is 17.2 Å². The molecule has 5 nitrogen and oxygen atoms in total. The Labute approximate surface area is 188 Å². The molecule has 1 N–H and O–H groups in total. The highest BCUT2D eigenvalue weighted by atomic mass is 16.6. The van der Waals surface area contributed by atoms with Gasteiger partial charge < -0.3 is 19.3 Å². The van der Waals surface area contributed by atoms with E-state index in [0.717, 1.165) is 50.1 Å². The lowest BCUT2D eigenvalue weighted by molar-refractivity contribution is -0.150. The number of ether oxygens (including phenoxy) is 3. The normalized spacial score (nSPS) is 18.2. The number of rotatable bonds is 5. The molecule has 2 atom stereocenters. The van der Waals surface area contributed by atoms with E-state index < -0.39 is 11.5 Å². The summed E-state index contributed by atoms with van der Waals surface area (Å²) in [6, 6.07) is 11.8. The summed E-state index contributed by atoms with van der Waals surface area (Å²) in [5, 5.41) is 12.5. The fourth-order valence-electron chi connectivity index (χ4n) is 4.38. The molecule has 0 aromatic heterocycles. The summed E-state index contributed by atoms with van der Waals surface area (Å²) in [6.07, 6.45) is 0.586. The van der Waals surface area contributed by atoms with Gasteiger partial charge in [0.1, 0.15) is 29.5 Å². The third kappa shape index (κ3) is 3.77. The maximum absolute atomic E-state index is 12.9. The Morgan fingerprint density at radius 1 is 1.09 bits per heavy atom. The Kier molecular flexibility index (Phi) is 5.53. The number of fused-ring (bicyclic) bond motifs is 2. The number of methoxy groups -OCH3 is 1. The molecule has 0 fully saturated rings. The summed E-state index contributed by atoms with van der Waals surface area (Å²) < 4.78 is 17.3. The minimum atomic E-state index is -0.659. The van der Waals surface area contributed by atoms with Crippen LogP contribution < -0.4 is 9.47 Å². The Morgan fingerprint density at radius 3 is 2.50 bits per heavy atom. The highest BCUT2D eigenvalue weighted by molar-refractivity contribution is 5.86. The molecule has 32 heavy (non-hydrogen) atoms. The maximum atomic E-state index is 12.9. The summed E-state index contributed by atoms with van der Waals surface area (Å²) in [5.41, 5.74) is 3.82. The molecule has 0 amide bonds. The highest BCUT2D eigenvalue weighted by Gasteiger charge is 2.39. The van der Waals surface area contributed by atoms with Crippen LogP contribution in [0.4, 0.5) is 0 Å². The third-order valence-corrected chi connectivity index (χ3v) is 6.68. The number of phenolic OH excluding ortho intramolecular Hbond substituents is 1. The number of phenols is 1. The Balaban J connectivity index is 1.47. The van der Waals surface area contributed by atoms with Crippen LogP contribution in [0.3, 0.4) is 0 Å². The highest BCUT2D eigenvalue weighted by Crippen LogP contribution is 2.45. The van der Waals surface area contributed by atoms with Crippen LogP contribution in [0.2, 0.25) is 0 Å². The molecule has 1 aliphatic heterocycles. The van der Waals surface area contributed by atoms with Crippen molar-refractivity contribution in [2.24, 2.45) is 0 Å². The van der Waals surface area contributed by atoms with Crippen molar-refractivity contribution in [2.75, 3.05) is 13.7 Å². The molecule has 1 aliphatic rings. The van der Waals surface area contributed by atoms with Crippen LogP contribution in [0.1, 0.15) is 47.6 Å². The predicted octanol–water partition coefficient (Wildman–Crippen LogP) is 5.52. The lowest BCUT2D eigenvalue weighted by Gasteiger charge is -2.25. The zero-order valence-electron chi connectivity index (χ0n) is 19.5. The first-order chi connectivity index (χ1) is 15.1. The lowest BCUT2D eigenvalue weighted by Crippen LogP contribution is -2.37. The fourth-order valence-corrected chi connectivity index (χ4v) is 4.38. The van der Waals surface area contributed by atoms with Crippen LogP contribution in [0.25, 0.3) is 10.8 Å². The molecule has 0 spiro atoms. The van der Waals surface area contributed by atoms with Crippen molar-refractivity contribution in [2.45, 2.75) is 52.6 Å². The van der Waals surface area contributed by atoms with Crippen LogP contribution in [-0.2, 0) is 16.0 Å². The van der Waals surface area contributed by atoms with E-state index in [0.29, 0.717) is 12.2 Å². The van der Waals surface area contributed by atoms with Gasteiger partial charge in [0.15, 0.2) is 0 Å². The smallest absolute Gasteiger partial charge is 0.313 e. The van der Waals surface area contributed by atoms with E-state index >= 15 is 0 Å². The Morgan fingerprint density at radius 2 is 1.78 bits per heavy atom. The van der Waals surface area contributed by atoms with Gasteiger partial charge in [-0.2, -0.15) is 0 Å². The minimum Gasteiger partial charge on any atom is -0.507 e. The van der Waals surface area contributed by atoms with Crippen LogP contribution in [0, 0.1) is 20.8 Å². The number of carbonyl (C=O) groups excluding carboxylic acids is 1. The predicted molar refractivity (Wildman–Crippen MR) is 125 cm³/mol. The van der Waals surface area contributed by atoms with Gasteiger partial charge in [0.2, 0.25) is 0 Å². The molecule has 0 saturated heterocycles. The summed E-state index contributed by atoms with van der Waals surface area (Å²) in [5.74, 6) is 1.23. The van der Waals surface area contributed by atoms with Crippen LogP contribution >= 0.6 is 0 Å². The van der Waals surface area contributed by atoms with E-state index in [1.165, 1.54) is 0 Å². The zero-order chi connectivity index (χ0) is 23.2. The first-order valence-corrected chi connectivity index (χ1v) is 10.9. The van der Waals surface area contributed by atoms with Crippen molar-refractivity contribution in [3.63, 3.8) is 0 Å². The van der Waals surface area contributed by atoms with Gasteiger partial charge in [0.05, 0.1) is 13.0 Å². The molecule has 3 aromatic carbocycles. The lowest BCUT2D eigenvalue weighted by atomic mass is 9.93. The zero-order valence-corrected chi connectivity index (χ0v) is 19.5. The van der Waals surface area contributed by atoms with Gasteiger partial charge in [-0.15, -0.1) is 0 Å². The topological polar surface area (TPSA) is 65.0 Å². The number of carbonyl (C=O) groups is 1. The maximum Gasteiger partial charge on any atom is 0.313 e. The van der Waals surface area contributed by atoms with Crippen molar-refractivity contribution in [3.05, 3.63) is 64.2 Å². The second-order valence-corrected chi connectivity index (χ2v) is 9.06. The number of hydrogen-bond donors (Lipinski definition) is 1. The van der Waals surface area contributed by atoms with Crippen molar-refractivity contribution >= 4 is 16.7 Å². The second kappa shape index (κ2) is 8.05. The molecule has 0 radical (unpaired) electrons.